The topological polar surface area (TPSA) is 21.3 Å². The molecule has 0 aliphatic carbocycles. The van der Waals surface area contributed by atoms with Crippen LogP contribution in [0.25, 0.3) is 0 Å². The van der Waals surface area contributed by atoms with Crippen LogP contribution < -0.4 is 10.1 Å². The van der Waals surface area contributed by atoms with E-state index in [0.717, 1.165) is 25.1 Å². The van der Waals surface area contributed by atoms with Gasteiger partial charge in [-0.1, -0.05) is 13.0 Å². The summed E-state index contributed by atoms with van der Waals surface area (Å²) >= 11 is 0. The SMILES string of the molecule is COc1ccc(C2(C)CCNC2)cc1F. The van der Waals surface area contributed by atoms with Gasteiger partial charge in [0.1, 0.15) is 0 Å². The van der Waals surface area contributed by atoms with Crippen molar-refractivity contribution in [2.75, 3.05) is 20.2 Å². The molecular formula is C12H16FNO. The van der Waals surface area contributed by atoms with Crippen molar-refractivity contribution in [1.82, 2.24) is 5.32 Å². The first kappa shape index (κ1) is 10.4. The molecule has 1 aliphatic rings. The summed E-state index contributed by atoms with van der Waals surface area (Å²) in [4.78, 5) is 0. The van der Waals surface area contributed by atoms with Gasteiger partial charge in [-0.2, -0.15) is 0 Å². The van der Waals surface area contributed by atoms with Crippen LogP contribution in [0.1, 0.15) is 18.9 Å². The highest BCUT2D eigenvalue weighted by atomic mass is 19.1. The number of rotatable bonds is 2. The summed E-state index contributed by atoms with van der Waals surface area (Å²) in [6, 6.07) is 5.25. The molecule has 2 nitrogen and oxygen atoms in total. The number of halogens is 1. The standard InChI is InChI=1S/C12H16FNO/c1-12(5-6-14-8-12)9-3-4-11(15-2)10(13)7-9/h3-4,7,14H,5-6,8H2,1-2H3. The summed E-state index contributed by atoms with van der Waals surface area (Å²) in [7, 11) is 1.48. The zero-order valence-electron chi connectivity index (χ0n) is 9.14. The lowest BCUT2D eigenvalue weighted by atomic mass is 9.82. The Morgan fingerprint density at radius 3 is 2.80 bits per heavy atom. The smallest absolute Gasteiger partial charge is 0.165 e. The molecule has 1 unspecified atom stereocenters. The van der Waals surface area contributed by atoms with E-state index < -0.39 is 0 Å². The average Bonchev–Trinajstić information content (AvgIpc) is 2.66. The molecule has 15 heavy (non-hydrogen) atoms. The van der Waals surface area contributed by atoms with Gasteiger partial charge in [-0.3, -0.25) is 0 Å². The van der Waals surface area contributed by atoms with Crippen LogP contribution in [0.5, 0.6) is 5.75 Å². The van der Waals surface area contributed by atoms with Crippen molar-refractivity contribution >= 4 is 0 Å². The van der Waals surface area contributed by atoms with Gasteiger partial charge in [0.2, 0.25) is 0 Å². The van der Waals surface area contributed by atoms with Crippen LogP contribution in [0.3, 0.4) is 0 Å². The summed E-state index contributed by atoms with van der Waals surface area (Å²) in [6.45, 7) is 4.08. The molecule has 1 N–H and O–H groups in total. The normalized spacial score (nSPS) is 25.5. The van der Waals surface area contributed by atoms with E-state index in [1.54, 1.807) is 12.1 Å². The van der Waals surface area contributed by atoms with Crippen LogP contribution in [0.15, 0.2) is 18.2 Å². The summed E-state index contributed by atoms with van der Waals surface area (Å²) < 4.78 is 18.4. The van der Waals surface area contributed by atoms with Gasteiger partial charge in [0.15, 0.2) is 11.6 Å². The van der Waals surface area contributed by atoms with Crippen molar-refractivity contribution in [3.8, 4) is 5.75 Å². The maximum absolute atomic E-state index is 13.5. The Balaban J connectivity index is 2.33. The molecule has 1 atom stereocenters. The summed E-state index contributed by atoms with van der Waals surface area (Å²) in [5.74, 6) is 0.0384. The minimum Gasteiger partial charge on any atom is -0.494 e. The highest BCUT2D eigenvalue weighted by Crippen LogP contribution is 2.32. The number of hydrogen-bond acceptors (Lipinski definition) is 2. The number of nitrogens with one attached hydrogen (secondary N) is 1. The molecule has 82 valence electrons. The quantitative estimate of drug-likeness (QED) is 0.805. The maximum Gasteiger partial charge on any atom is 0.165 e. The van der Waals surface area contributed by atoms with Crippen molar-refractivity contribution in [3.05, 3.63) is 29.6 Å². The molecule has 0 radical (unpaired) electrons. The first-order chi connectivity index (χ1) is 7.15. The van der Waals surface area contributed by atoms with E-state index in [4.69, 9.17) is 4.74 Å². The lowest BCUT2D eigenvalue weighted by Gasteiger charge is -2.23. The molecule has 2 rings (SSSR count). The molecule has 0 aromatic heterocycles. The fourth-order valence-electron chi connectivity index (χ4n) is 2.11. The molecule has 0 saturated carbocycles. The van der Waals surface area contributed by atoms with Crippen molar-refractivity contribution in [2.45, 2.75) is 18.8 Å². The summed E-state index contributed by atoms with van der Waals surface area (Å²) in [5.41, 5.74) is 1.11. The first-order valence-corrected chi connectivity index (χ1v) is 5.20. The van der Waals surface area contributed by atoms with E-state index in [1.165, 1.54) is 7.11 Å². The number of ether oxygens (including phenoxy) is 1. The molecule has 3 heteroatoms. The third kappa shape index (κ3) is 1.84. The molecule has 0 spiro atoms. The second-order valence-corrected chi connectivity index (χ2v) is 4.34. The third-order valence-corrected chi connectivity index (χ3v) is 3.22. The van der Waals surface area contributed by atoms with E-state index in [-0.39, 0.29) is 11.2 Å². The van der Waals surface area contributed by atoms with Crippen LogP contribution in [-0.2, 0) is 5.41 Å². The van der Waals surface area contributed by atoms with E-state index in [0.29, 0.717) is 5.75 Å². The molecule has 1 aromatic carbocycles. The maximum atomic E-state index is 13.5. The second kappa shape index (κ2) is 3.81. The van der Waals surface area contributed by atoms with Crippen LogP contribution in [0.2, 0.25) is 0 Å². The summed E-state index contributed by atoms with van der Waals surface area (Å²) in [5, 5.41) is 3.31. The van der Waals surface area contributed by atoms with Gasteiger partial charge in [-0.25, -0.2) is 4.39 Å². The van der Waals surface area contributed by atoms with Crippen molar-refractivity contribution in [2.24, 2.45) is 0 Å². The van der Waals surface area contributed by atoms with Gasteiger partial charge in [0.25, 0.3) is 0 Å². The lowest BCUT2D eigenvalue weighted by molar-refractivity contribution is 0.384. The second-order valence-electron chi connectivity index (χ2n) is 4.34. The lowest BCUT2D eigenvalue weighted by Crippen LogP contribution is -2.24. The van der Waals surface area contributed by atoms with Gasteiger partial charge in [-0.05, 0) is 30.7 Å². The number of methoxy groups -OCH3 is 1. The van der Waals surface area contributed by atoms with Gasteiger partial charge < -0.3 is 10.1 Å². The Kier molecular flexibility index (Phi) is 2.65. The largest absolute Gasteiger partial charge is 0.494 e. The Bertz CT molecular complexity index is 359. The van der Waals surface area contributed by atoms with Crippen molar-refractivity contribution < 1.29 is 9.13 Å². The monoisotopic (exact) mass is 209 g/mol. The third-order valence-electron chi connectivity index (χ3n) is 3.22. The Morgan fingerprint density at radius 2 is 2.27 bits per heavy atom. The molecule has 1 heterocycles. The highest BCUT2D eigenvalue weighted by molar-refractivity contribution is 5.34. The van der Waals surface area contributed by atoms with Gasteiger partial charge in [-0.15, -0.1) is 0 Å². The number of benzene rings is 1. The Labute approximate surface area is 89.4 Å². The predicted octanol–water partition coefficient (Wildman–Crippen LogP) is 2.09. The van der Waals surface area contributed by atoms with Gasteiger partial charge in [0, 0.05) is 12.0 Å². The molecule has 1 aromatic rings. The van der Waals surface area contributed by atoms with E-state index in [9.17, 15) is 4.39 Å². The molecule has 1 aliphatic heterocycles. The van der Waals surface area contributed by atoms with Crippen molar-refractivity contribution in [3.63, 3.8) is 0 Å². The zero-order chi connectivity index (χ0) is 10.9. The Morgan fingerprint density at radius 1 is 1.47 bits per heavy atom. The average molecular weight is 209 g/mol. The zero-order valence-corrected chi connectivity index (χ0v) is 9.14. The van der Waals surface area contributed by atoms with Gasteiger partial charge in [0.05, 0.1) is 7.11 Å². The molecular weight excluding hydrogens is 193 g/mol. The first-order valence-electron chi connectivity index (χ1n) is 5.20. The van der Waals surface area contributed by atoms with E-state index >= 15 is 0 Å². The van der Waals surface area contributed by atoms with E-state index in [1.807, 2.05) is 6.07 Å². The Hall–Kier alpha value is -1.09. The molecule has 1 saturated heterocycles. The molecule has 0 amide bonds. The fourth-order valence-corrected chi connectivity index (χ4v) is 2.11. The molecule has 1 fully saturated rings. The highest BCUT2D eigenvalue weighted by Gasteiger charge is 2.30. The van der Waals surface area contributed by atoms with Crippen LogP contribution >= 0.6 is 0 Å². The fraction of sp³-hybridized carbons (Fsp3) is 0.500. The van der Waals surface area contributed by atoms with Gasteiger partial charge >= 0.3 is 0 Å². The van der Waals surface area contributed by atoms with Crippen LogP contribution in [-0.4, -0.2) is 20.2 Å². The van der Waals surface area contributed by atoms with E-state index in [2.05, 4.69) is 12.2 Å². The minimum absolute atomic E-state index is 0.0626. The van der Waals surface area contributed by atoms with Crippen molar-refractivity contribution in [1.29, 1.82) is 0 Å². The predicted molar refractivity (Wildman–Crippen MR) is 57.8 cm³/mol. The van der Waals surface area contributed by atoms with Crippen LogP contribution in [0.4, 0.5) is 4.39 Å². The summed E-state index contributed by atoms with van der Waals surface area (Å²) in [6.07, 6.45) is 1.05. The molecule has 0 bridgehead atoms. The minimum atomic E-state index is -0.275. The van der Waals surface area contributed by atoms with Crippen LogP contribution in [0, 0.1) is 5.82 Å². The number of hydrogen-bond donors (Lipinski definition) is 1.